The summed E-state index contributed by atoms with van der Waals surface area (Å²) in [4.78, 5) is 25.4. The Labute approximate surface area is 398 Å². The summed E-state index contributed by atoms with van der Waals surface area (Å²) in [5.41, 5.74) is 0. The standard InChI is InChI=1S/C59H106O5/c1-4-7-10-13-16-19-22-25-27-28-29-30-31-33-36-39-42-45-48-51-54-62-55-57(64-59(61)53-50-47-44-41-38-34-24-21-18-15-12-9-6-3)56-63-58(60)52-49-46-43-40-37-35-32-26-23-20-17-14-11-8-5-2/h12,15-16,19,21,24-27,32,57H,4-11,13-14,17-18,20,22-23,28-31,33-56H2,1-3H3/b15-12-,19-16-,24-21-,27-25-,32-26-. The number of carbonyl (C=O) groups is 2. The van der Waals surface area contributed by atoms with E-state index in [0.717, 1.165) is 77.0 Å². The number of unbranched alkanes of at least 4 members (excludes halogenated alkanes) is 30. The van der Waals surface area contributed by atoms with Crippen molar-refractivity contribution in [3.63, 3.8) is 0 Å². The Morgan fingerprint density at radius 1 is 0.344 bits per heavy atom. The van der Waals surface area contributed by atoms with Crippen molar-refractivity contribution in [3.05, 3.63) is 60.8 Å². The van der Waals surface area contributed by atoms with Gasteiger partial charge in [0.1, 0.15) is 6.61 Å². The van der Waals surface area contributed by atoms with Gasteiger partial charge in [0, 0.05) is 19.4 Å². The van der Waals surface area contributed by atoms with Gasteiger partial charge in [-0.3, -0.25) is 9.59 Å². The number of allylic oxidation sites excluding steroid dienone is 10. The Morgan fingerprint density at radius 2 is 0.688 bits per heavy atom. The number of hydrogen-bond acceptors (Lipinski definition) is 5. The zero-order valence-electron chi connectivity index (χ0n) is 42.8. The number of rotatable bonds is 51. The minimum Gasteiger partial charge on any atom is -0.462 e. The Morgan fingerprint density at radius 3 is 1.14 bits per heavy atom. The highest BCUT2D eigenvalue weighted by atomic mass is 16.6. The number of carbonyl (C=O) groups excluding carboxylic acids is 2. The summed E-state index contributed by atoms with van der Waals surface area (Å²) in [5, 5.41) is 0. The Bertz CT molecular complexity index is 1100. The molecule has 0 aromatic heterocycles. The topological polar surface area (TPSA) is 61.8 Å². The third kappa shape index (κ3) is 52.2. The van der Waals surface area contributed by atoms with E-state index in [0.29, 0.717) is 19.4 Å². The second kappa shape index (κ2) is 54.9. The van der Waals surface area contributed by atoms with Crippen molar-refractivity contribution in [1.29, 1.82) is 0 Å². The van der Waals surface area contributed by atoms with Crippen LogP contribution in [0, 0.1) is 0 Å². The zero-order valence-corrected chi connectivity index (χ0v) is 42.8. The summed E-state index contributed by atoms with van der Waals surface area (Å²) >= 11 is 0. The molecule has 0 saturated carbocycles. The Kier molecular flexibility index (Phi) is 52.9. The molecule has 0 aromatic carbocycles. The van der Waals surface area contributed by atoms with Crippen molar-refractivity contribution in [2.45, 2.75) is 284 Å². The maximum atomic E-state index is 12.8. The quantitative estimate of drug-likeness (QED) is 0.0346. The van der Waals surface area contributed by atoms with Gasteiger partial charge in [-0.15, -0.1) is 0 Å². The van der Waals surface area contributed by atoms with Crippen LogP contribution in [0.5, 0.6) is 0 Å². The van der Waals surface area contributed by atoms with E-state index in [2.05, 4.69) is 81.5 Å². The molecule has 1 unspecified atom stereocenters. The van der Waals surface area contributed by atoms with Crippen molar-refractivity contribution in [2.24, 2.45) is 0 Å². The largest absolute Gasteiger partial charge is 0.462 e. The molecule has 0 aliphatic heterocycles. The molecule has 0 bridgehead atoms. The molecule has 0 radical (unpaired) electrons. The fourth-order valence-electron chi connectivity index (χ4n) is 7.81. The van der Waals surface area contributed by atoms with Crippen LogP contribution in [-0.4, -0.2) is 37.9 Å². The molecule has 0 rings (SSSR count). The minimum absolute atomic E-state index is 0.0745. The van der Waals surface area contributed by atoms with Gasteiger partial charge in [0.15, 0.2) is 6.10 Å². The van der Waals surface area contributed by atoms with Gasteiger partial charge in [0.25, 0.3) is 0 Å². The van der Waals surface area contributed by atoms with Gasteiger partial charge in [-0.1, -0.05) is 223 Å². The maximum absolute atomic E-state index is 12.8. The van der Waals surface area contributed by atoms with Crippen molar-refractivity contribution >= 4 is 11.9 Å². The molecule has 0 heterocycles. The fraction of sp³-hybridized carbons (Fsp3) is 0.797. The van der Waals surface area contributed by atoms with Crippen LogP contribution in [-0.2, 0) is 23.8 Å². The second-order valence-corrected chi connectivity index (χ2v) is 18.5. The highest BCUT2D eigenvalue weighted by Crippen LogP contribution is 2.15. The van der Waals surface area contributed by atoms with Crippen LogP contribution in [0.15, 0.2) is 60.8 Å². The SMILES string of the molecule is CCC/C=C\C/C=C\CCCCCCCC(=O)OC(COCCCCCCCCCCCC/C=C\C/C=C\CCCCC)COC(=O)CCCCCCC/C=C\CCCCCCCC. The van der Waals surface area contributed by atoms with E-state index >= 15 is 0 Å². The van der Waals surface area contributed by atoms with E-state index in [1.165, 1.54) is 167 Å². The van der Waals surface area contributed by atoms with Gasteiger partial charge in [-0.05, 0) is 103 Å². The number of esters is 2. The molecule has 0 aliphatic rings. The molecule has 0 saturated heterocycles. The van der Waals surface area contributed by atoms with E-state index in [4.69, 9.17) is 14.2 Å². The summed E-state index contributed by atoms with van der Waals surface area (Å²) < 4.78 is 17.4. The summed E-state index contributed by atoms with van der Waals surface area (Å²) in [5.74, 6) is -0.417. The van der Waals surface area contributed by atoms with Crippen molar-refractivity contribution < 1.29 is 23.8 Å². The summed E-state index contributed by atoms with van der Waals surface area (Å²) in [7, 11) is 0. The third-order valence-electron chi connectivity index (χ3n) is 12.0. The Hall–Kier alpha value is -2.40. The van der Waals surface area contributed by atoms with Crippen LogP contribution in [0.1, 0.15) is 278 Å². The van der Waals surface area contributed by atoms with Crippen molar-refractivity contribution in [1.82, 2.24) is 0 Å². The molecule has 0 fully saturated rings. The predicted molar refractivity (Wildman–Crippen MR) is 279 cm³/mol. The van der Waals surface area contributed by atoms with E-state index in [1.54, 1.807) is 0 Å². The zero-order chi connectivity index (χ0) is 46.3. The molecule has 0 aromatic rings. The summed E-state index contributed by atoms with van der Waals surface area (Å²) in [6, 6.07) is 0. The molecule has 372 valence electrons. The predicted octanol–water partition coefficient (Wildman–Crippen LogP) is 18.9. The molecular formula is C59H106O5. The van der Waals surface area contributed by atoms with Crippen LogP contribution in [0.3, 0.4) is 0 Å². The monoisotopic (exact) mass is 895 g/mol. The second-order valence-electron chi connectivity index (χ2n) is 18.5. The smallest absolute Gasteiger partial charge is 0.306 e. The van der Waals surface area contributed by atoms with Crippen LogP contribution in [0.2, 0.25) is 0 Å². The minimum atomic E-state index is -0.549. The van der Waals surface area contributed by atoms with Crippen LogP contribution >= 0.6 is 0 Å². The molecule has 0 amide bonds. The molecule has 1 atom stereocenters. The first-order valence-electron chi connectivity index (χ1n) is 27.8. The van der Waals surface area contributed by atoms with Gasteiger partial charge >= 0.3 is 11.9 Å². The lowest BCUT2D eigenvalue weighted by Gasteiger charge is -2.18. The van der Waals surface area contributed by atoms with Gasteiger partial charge in [0.2, 0.25) is 0 Å². The van der Waals surface area contributed by atoms with Crippen LogP contribution < -0.4 is 0 Å². The third-order valence-corrected chi connectivity index (χ3v) is 12.0. The molecule has 0 N–H and O–H groups in total. The van der Waals surface area contributed by atoms with E-state index in [1.807, 2.05) is 0 Å². The molecular weight excluding hydrogens is 789 g/mol. The van der Waals surface area contributed by atoms with Gasteiger partial charge in [0.05, 0.1) is 6.61 Å². The van der Waals surface area contributed by atoms with Crippen molar-refractivity contribution in [3.8, 4) is 0 Å². The molecule has 5 heteroatoms. The van der Waals surface area contributed by atoms with Crippen LogP contribution in [0.4, 0.5) is 0 Å². The highest BCUT2D eigenvalue weighted by Gasteiger charge is 2.17. The average molecular weight is 895 g/mol. The first kappa shape index (κ1) is 61.6. The summed E-state index contributed by atoms with van der Waals surface area (Å²) in [6.45, 7) is 7.73. The van der Waals surface area contributed by atoms with E-state index in [-0.39, 0.29) is 25.2 Å². The summed E-state index contributed by atoms with van der Waals surface area (Å²) in [6.07, 6.45) is 69.5. The molecule has 5 nitrogen and oxygen atoms in total. The van der Waals surface area contributed by atoms with Gasteiger partial charge in [-0.25, -0.2) is 0 Å². The lowest BCUT2D eigenvalue weighted by Crippen LogP contribution is -2.30. The number of ether oxygens (including phenoxy) is 3. The van der Waals surface area contributed by atoms with E-state index < -0.39 is 6.10 Å². The van der Waals surface area contributed by atoms with Gasteiger partial charge in [-0.2, -0.15) is 0 Å². The first-order valence-corrected chi connectivity index (χ1v) is 27.8. The molecule has 64 heavy (non-hydrogen) atoms. The van der Waals surface area contributed by atoms with Crippen LogP contribution in [0.25, 0.3) is 0 Å². The van der Waals surface area contributed by atoms with Crippen molar-refractivity contribution in [2.75, 3.05) is 19.8 Å². The lowest BCUT2D eigenvalue weighted by atomic mass is 10.1. The van der Waals surface area contributed by atoms with Gasteiger partial charge < -0.3 is 14.2 Å². The molecule has 0 spiro atoms. The van der Waals surface area contributed by atoms with E-state index in [9.17, 15) is 9.59 Å². The lowest BCUT2D eigenvalue weighted by molar-refractivity contribution is -0.163. The Balaban J connectivity index is 4.25. The maximum Gasteiger partial charge on any atom is 0.306 e. The highest BCUT2D eigenvalue weighted by molar-refractivity contribution is 5.70. The normalized spacial score (nSPS) is 12.6. The average Bonchev–Trinajstić information content (AvgIpc) is 3.30. The first-order chi connectivity index (χ1) is 31.6. The molecule has 0 aliphatic carbocycles. The fourth-order valence-corrected chi connectivity index (χ4v) is 7.81. The number of hydrogen-bond donors (Lipinski definition) is 0.